The second-order valence-electron chi connectivity index (χ2n) is 11.8. The number of hydrogen-bond donors (Lipinski definition) is 0. The number of carbonyl (C=O) groups is 1. The summed E-state index contributed by atoms with van der Waals surface area (Å²) < 4.78 is 13.5. The Kier molecular flexibility index (Phi) is 7.50. The van der Waals surface area contributed by atoms with Gasteiger partial charge in [-0.15, -0.1) is 0 Å². The Morgan fingerprint density at radius 3 is 1.97 bits per heavy atom. The van der Waals surface area contributed by atoms with E-state index in [0.29, 0.717) is 19.6 Å². The first-order valence-electron chi connectivity index (χ1n) is 11.2. The van der Waals surface area contributed by atoms with E-state index in [1.54, 1.807) is 0 Å². The Morgan fingerprint density at radius 1 is 0.967 bits per heavy atom. The van der Waals surface area contributed by atoms with Gasteiger partial charge in [-0.25, -0.2) is 0 Å². The molecule has 0 aliphatic carbocycles. The van der Waals surface area contributed by atoms with Crippen molar-refractivity contribution in [2.45, 2.75) is 103 Å². The maximum absolute atomic E-state index is 12.5. The van der Waals surface area contributed by atoms with Crippen LogP contribution in [0.15, 0.2) is 30.3 Å². The average molecular weight is 450 g/mol. The van der Waals surface area contributed by atoms with Crippen LogP contribution in [-0.2, 0) is 20.2 Å². The summed E-state index contributed by atoms with van der Waals surface area (Å²) in [6.07, 6.45) is 0.467. The van der Waals surface area contributed by atoms with Gasteiger partial charge in [0, 0.05) is 13.0 Å². The molecule has 1 fully saturated rings. The first-order valence-corrected chi connectivity index (χ1v) is 17.0. The number of benzene rings is 1. The molecule has 0 radical (unpaired) electrons. The fraction of sp³-hybridized carbons (Fsp3) is 0.708. The van der Waals surface area contributed by atoms with E-state index < -0.39 is 16.6 Å². The molecule has 1 aromatic rings. The van der Waals surface area contributed by atoms with Gasteiger partial charge in [-0.05, 0) is 41.8 Å². The van der Waals surface area contributed by atoms with Gasteiger partial charge in [0.15, 0.2) is 16.6 Å². The fourth-order valence-electron chi connectivity index (χ4n) is 3.08. The van der Waals surface area contributed by atoms with E-state index in [9.17, 15) is 4.79 Å². The van der Waals surface area contributed by atoms with Gasteiger partial charge in [-0.2, -0.15) is 0 Å². The predicted octanol–water partition coefficient (Wildman–Crippen LogP) is 6.20. The van der Waals surface area contributed by atoms with Crippen LogP contribution in [0, 0.1) is 0 Å². The summed E-state index contributed by atoms with van der Waals surface area (Å²) in [5, 5.41) is 0.258. The van der Waals surface area contributed by atoms with E-state index in [0.717, 1.165) is 5.56 Å². The summed E-state index contributed by atoms with van der Waals surface area (Å²) >= 11 is 0. The van der Waals surface area contributed by atoms with Crippen LogP contribution in [0.4, 0.5) is 0 Å². The molecule has 1 aliphatic heterocycles. The first-order chi connectivity index (χ1) is 13.6. The Bertz CT molecular complexity index is 720. The van der Waals surface area contributed by atoms with Crippen molar-refractivity contribution in [3.05, 3.63) is 35.9 Å². The Labute approximate surface area is 186 Å². The Balaban J connectivity index is 2.23. The predicted molar refractivity (Wildman–Crippen MR) is 131 cm³/mol. The largest absolute Gasteiger partial charge is 0.414 e. The van der Waals surface area contributed by atoms with Crippen LogP contribution in [0.3, 0.4) is 0 Å². The van der Waals surface area contributed by atoms with Crippen molar-refractivity contribution in [2.75, 3.05) is 6.61 Å². The molecule has 0 saturated carbocycles. The van der Waals surface area contributed by atoms with Crippen LogP contribution in [0.1, 0.15) is 53.5 Å². The van der Waals surface area contributed by atoms with Gasteiger partial charge in [-0.1, -0.05) is 71.9 Å². The third-order valence-electron chi connectivity index (χ3n) is 7.40. The second kappa shape index (κ2) is 8.89. The maximum atomic E-state index is 12.5. The molecule has 2 atom stereocenters. The molecule has 1 saturated heterocycles. The monoisotopic (exact) mass is 449 g/mol. The lowest BCUT2D eigenvalue weighted by Gasteiger charge is -2.49. The van der Waals surface area contributed by atoms with Crippen molar-refractivity contribution >= 4 is 22.5 Å². The normalized spacial score (nSPS) is 19.6. The van der Waals surface area contributed by atoms with Gasteiger partial charge < -0.3 is 13.8 Å². The van der Waals surface area contributed by atoms with Crippen LogP contribution >= 0.6 is 0 Å². The van der Waals surface area contributed by atoms with Gasteiger partial charge >= 0.3 is 0 Å². The van der Waals surface area contributed by atoms with Crippen LogP contribution in [0.25, 0.3) is 0 Å². The summed E-state index contributed by atoms with van der Waals surface area (Å²) in [6, 6.07) is 10.3. The summed E-state index contributed by atoms with van der Waals surface area (Å²) in [7, 11) is -3.91. The van der Waals surface area contributed by atoms with E-state index in [2.05, 4.69) is 79.9 Å². The molecular weight excluding hydrogens is 406 g/mol. The molecule has 30 heavy (non-hydrogen) atoms. The average Bonchev–Trinajstić information content (AvgIpc) is 2.60. The van der Waals surface area contributed by atoms with E-state index in [4.69, 9.17) is 8.85 Å². The zero-order valence-corrected chi connectivity index (χ0v) is 22.8. The molecule has 170 valence electrons. The lowest BCUT2D eigenvalue weighted by molar-refractivity contribution is -0.153. The van der Waals surface area contributed by atoms with Crippen LogP contribution in [-0.4, -0.2) is 46.2 Å². The van der Waals surface area contributed by atoms with Crippen molar-refractivity contribution in [3.63, 3.8) is 0 Å². The van der Waals surface area contributed by atoms with Gasteiger partial charge in [0.05, 0.1) is 18.8 Å². The molecule has 0 aromatic heterocycles. The number of rotatable bonds is 8. The van der Waals surface area contributed by atoms with E-state index in [1.165, 1.54) is 0 Å². The minimum atomic E-state index is -2.00. The summed E-state index contributed by atoms with van der Waals surface area (Å²) in [5.74, 6) is 0.208. The minimum Gasteiger partial charge on any atom is -0.414 e. The topological polar surface area (TPSA) is 38.8 Å². The van der Waals surface area contributed by atoms with Crippen molar-refractivity contribution in [1.82, 2.24) is 4.90 Å². The van der Waals surface area contributed by atoms with Crippen molar-refractivity contribution < 1.29 is 13.6 Å². The highest BCUT2D eigenvalue weighted by atomic mass is 28.4. The van der Waals surface area contributed by atoms with Gasteiger partial charge in [0.2, 0.25) is 5.91 Å². The maximum Gasteiger partial charge on any atom is 0.225 e. The number of hydrogen-bond acceptors (Lipinski definition) is 3. The number of carbonyl (C=O) groups excluding carboxylic acids is 1. The van der Waals surface area contributed by atoms with E-state index in [-0.39, 0.29) is 28.1 Å². The molecule has 0 spiro atoms. The van der Waals surface area contributed by atoms with Crippen LogP contribution in [0.2, 0.25) is 36.3 Å². The standard InChI is InChI=1S/C24H43NO3Si2/c1-23(2,3)29(7,8)27-18-21(28-30(9,10)24(4,5)6)20-16-22(26)25(20)17-19-14-12-11-13-15-19/h11-15,20-21H,16-18H2,1-10H3/t20-,21+/m0/s1. The Hall–Kier alpha value is -0.956. The molecule has 0 bridgehead atoms. The van der Waals surface area contributed by atoms with Crippen LogP contribution < -0.4 is 0 Å². The summed E-state index contributed by atoms with van der Waals surface area (Å²) in [5.41, 5.74) is 1.16. The van der Waals surface area contributed by atoms with E-state index in [1.807, 2.05) is 23.1 Å². The highest BCUT2D eigenvalue weighted by molar-refractivity contribution is 6.74. The third-order valence-corrected chi connectivity index (χ3v) is 16.4. The second-order valence-corrected chi connectivity index (χ2v) is 21.3. The molecular formula is C24H43NO3Si2. The van der Waals surface area contributed by atoms with Crippen molar-refractivity contribution in [3.8, 4) is 0 Å². The quantitative estimate of drug-likeness (QED) is 0.350. The van der Waals surface area contributed by atoms with Crippen molar-refractivity contribution in [1.29, 1.82) is 0 Å². The lowest BCUT2D eigenvalue weighted by atomic mass is 9.95. The summed E-state index contributed by atoms with van der Waals surface area (Å²) in [4.78, 5) is 14.5. The number of amides is 1. The lowest BCUT2D eigenvalue weighted by Crippen LogP contribution is -2.62. The SMILES string of the molecule is CC(C)(C)[Si](C)(C)OC[C@@H](O[Si](C)(C)C(C)(C)C)[C@@H]1CC(=O)N1Cc1ccccc1. The van der Waals surface area contributed by atoms with E-state index >= 15 is 0 Å². The molecule has 2 rings (SSSR count). The minimum absolute atomic E-state index is 0.0802. The van der Waals surface area contributed by atoms with Crippen LogP contribution in [0.5, 0.6) is 0 Å². The molecule has 6 heteroatoms. The first kappa shape index (κ1) is 25.3. The molecule has 4 nitrogen and oxygen atoms in total. The number of likely N-dealkylation sites (tertiary alicyclic amines) is 1. The van der Waals surface area contributed by atoms with Gasteiger partial charge in [-0.3, -0.25) is 4.79 Å². The highest BCUT2D eigenvalue weighted by Gasteiger charge is 2.48. The van der Waals surface area contributed by atoms with Crippen molar-refractivity contribution in [2.24, 2.45) is 0 Å². The molecule has 1 heterocycles. The number of nitrogens with zero attached hydrogens (tertiary/aromatic N) is 1. The molecule has 1 aromatic carbocycles. The highest BCUT2D eigenvalue weighted by Crippen LogP contribution is 2.41. The zero-order chi connectivity index (χ0) is 23.0. The number of β-lactam (4-membered cyclic amide) rings is 1. The fourth-order valence-corrected chi connectivity index (χ4v) is 5.43. The summed E-state index contributed by atoms with van der Waals surface area (Å²) in [6.45, 7) is 23.9. The third kappa shape index (κ3) is 5.84. The van der Waals surface area contributed by atoms with Gasteiger partial charge in [0.25, 0.3) is 0 Å². The zero-order valence-electron chi connectivity index (χ0n) is 20.8. The Morgan fingerprint density at radius 2 is 1.50 bits per heavy atom. The molecule has 1 amide bonds. The van der Waals surface area contributed by atoms with Gasteiger partial charge in [0.1, 0.15) is 0 Å². The molecule has 0 N–H and O–H groups in total. The molecule has 1 aliphatic rings. The smallest absolute Gasteiger partial charge is 0.225 e. The molecule has 0 unspecified atom stereocenters.